The molecule has 0 saturated heterocycles. The van der Waals surface area contributed by atoms with Crippen LogP contribution < -0.4 is 20.5 Å². The molecule has 1 amide bonds. The van der Waals surface area contributed by atoms with Crippen LogP contribution in [0.2, 0.25) is 5.02 Å². The maximum atomic E-state index is 12.1. The lowest BCUT2D eigenvalue weighted by atomic mass is 10.1. The van der Waals surface area contributed by atoms with E-state index < -0.39 is 6.09 Å². The highest BCUT2D eigenvalue weighted by molar-refractivity contribution is 6.33. The molecule has 0 radical (unpaired) electrons. The van der Waals surface area contributed by atoms with Gasteiger partial charge in [-0.15, -0.1) is 0 Å². The quantitative estimate of drug-likeness (QED) is 0.663. The van der Waals surface area contributed by atoms with Gasteiger partial charge in [0.1, 0.15) is 18.1 Å². The molecule has 0 bridgehead atoms. The summed E-state index contributed by atoms with van der Waals surface area (Å²) in [7, 11) is 1.76. The zero-order valence-corrected chi connectivity index (χ0v) is 15.5. The van der Waals surface area contributed by atoms with Crippen LogP contribution in [0.3, 0.4) is 0 Å². The van der Waals surface area contributed by atoms with Crippen molar-refractivity contribution in [3.63, 3.8) is 0 Å². The lowest BCUT2D eigenvalue weighted by Gasteiger charge is -2.14. The number of amides is 1. The van der Waals surface area contributed by atoms with Crippen LogP contribution in [-0.4, -0.2) is 34.2 Å². The first-order chi connectivity index (χ1) is 13.0. The first-order valence-corrected chi connectivity index (χ1v) is 8.42. The smallest absolute Gasteiger partial charge is 0.418 e. The zero-order chi connectivity index (χ0) is 19.4. The Morgan fingerprint density at radius 3 is 2.85 bits per heavy atom. The molecular weight excluding hydrogens is 374 g/mol. The predicted octanol–water partition coefficient (Wildman–Crippen LogP) is 2.99. The molecule has 9 nitrogen and oxygen atoms in total. The molecule has 3 rings (SSSR count). The highest BCUT2D eigenvalue weighted by Crippen LogP contribution is 2.36. The monoisotopic (exact) mass is 391 g/mol. The van der Waals surface area contributed by atoms with Crippen molar-refractivity contribution in [1.29, 1.82) is 0 Å². The topological polar surface area (TPSA) is 117 Å². The third-order valence-corrected chi connectivity index (χ3v) is 3.83. The molecule has 0 fully saturated rings. The van der Waals surface area contributed by atoms with Gasteiger partial charge in [-0.1, -0.05) is 11.6 Å². The van der Waals surface area contributed by atoms with E-state index in [0.717, 1.165) is 0 Å². The highest BCUT2D eigenvalue weighted by Gasteiger charge is 2.17. The number of hydrogen-bond acceptors (Lipinski definition) is 7. The Labute approximate surface area is 160 Å². The van der Waals surface area contributed by atoms with Gasteiger partial charge in [-0.3, -0.25) is 10.00 Å². The number of carbonyl (C=O) groups excluding carboxylic acids is 1. The summed E-state index contributed by atoms with van der Waals surface area (Å²) in [6.45, 7) is 2.40. The van der Waals surface area contributed by atoms with Crippen LogP contribution in [0, 0.1) is 6.92 Å². The van der Waals surface area contributed by atoms with Gasteiger partial charge in [0.05, 0.1) is 16.9 Å². The van der Waals surface area contributed by atoms with Crippen molar-refractivity contribution in [1.82, 2.24) is 14.9 Å². The first-order valence-electron chi connectivity index (χ1n) is 8.05. The molecule has 0 aliphatic heterocycles. The maximum absolute atomic E-state index is 12.1. The number of rotatable bonds is 6. The van der Waals surface area contributed by atoms with Gasteiger partial charge in [-0.05, 0) is 30.3 Å². The van der Waals surface area contributed by atoms with Crippen LogP contribution in [-0.2, 0) is 7.05 Å². The Morgan fingerprint density at radius 2 is 2.22 bits per heavy atom. The van der Waals surface area contributed by atoms with Gasteiger partial charge in [0.25, 0.3) is 5.88 Å². The molecule has 3 aromatic rings. The van der Waals surface area contributed by atoms with Crippen molar-refractivity contribution in [3.05, 3.63) is 41.2 Å². The number of carbonyl (C=O) groups is 1. The van der Waals surface area contributed by atoms with Crippen LogP contribution in [0.5, 0.6) is 11.6 Å². The van der Waals surface area contributed by atoms with Crippen LogP contribution in [0.1, 0.15) is 5.76 Å². The van der Waals surface area contributed by atoms with Gasteiger partial charge in [0, 0.05) is 30.9 Å². The molecule has 27 heavy (non-hydrogen) atoms. The van der Waals surface area contributed by atoms with Crippen LogP contribution in [0.15, 0.2) is 35.0 Å². The molecule has 2 heterocycles. The van der Waals surface area contributed by atoms with Crippen molar-refractivity contribution in [2.75, 3.05) is 18.5 Å². The number of nitrogens with two attached hydrogens (primary N) is 1. The van der Waals surface area contributed by atoms with Gasteiger partial charge >= 0.3 is 6.09 Å². The summed E-state index contributed by atoms with van der Waals surface area (Å²) in [4.78, 5) is 12.1. The fraction of sp³-hybridized carbons (Fsp3) is 0.235. The highest BCUT2D eigenvalue weighted by atomic mass is 35.5. The van der Waals surface area contributed by atoms with Crippen molar-refractivity contribution < 1.29 is 18.8 Å². The molecule has 0 atom stereocenters. The second kappa shape index (κ2) is 8.11. The summed E-state index contributed by atoms with van der Waals surface area (Å²) >= 11 is 6.26. The van der Waals surface area contributed by atoms with Crippen LogP contribution in [0.4, 0.5) is 10.5 Å². The van der Waals surface area contributed by atoms with Crippen molar-refractivity contribution >= 4 is 23.4 Å². The molecule has 0 aliphatic rings. The summed E-state index contributed by atoms with van der Waals surface area (Å²) in [6.07, 6.45) is 0.825. The zero-order valence-electron chi connectivity index (χ0n) is 14.7. The normalized spacial score (nSPS) is 10.7. The summed E-state index contributed by atoms with van der Waals surface area (Å²) in [5, 5.41) is 10.8. The molecule has 0 saturated carbocycles. The van der Waals surface area contributed by atoms with Gasteiger partial charge in [0.2, 0.25) is 0 Å². The minimum Gasteiger partial charge on any atom is -0.492 e. The van der Waals surface area contributed by atoms with Crippen molar-refractivity contribution in [2.45, 2.75) is 6.92 Å². The van der Waals surface area contributed by atoms with Crippen molar-refractivity contribution in [3.8, 4) is 22.9 Å². The number of nitrogens with zero attached hydrogens (tertiary/aromatic N) is 3. The number of ether oxygens (including phenoxy) is 2. The van der Waals surface area contributed by atoms with E-state index in [0.29, 0.717) is 46.6 Å². The van der Waals surface area contributed by atoms with E-state index in [1.807, 2.05) is 0 Å². The van der Waals surface area contributed by atoms with Gasteiger partial charge in [-0.25, -0.2) is 4.79 Å². The summed E-state index contributed by atoms with van der Waals surface area (Å²) in [5.74, 6) is 1.17. The third-order valence-electron chi connectivity index (χ3n) is 3.55. The molecule has 10 heteroatoms. The number of hydrogen-bond donors (Lipinski definition) is 2. The van der Waals surface area contributed by atoms with Crippen molar-refractivity contribution in [2.24, 2.45) is 12.8 Å². The Kier molecular flexibility index (Phi) is 5.63. The van der Waals surface area contributed by atoms with Crippen LogP contribution >= 0.6 is 11.6 Å². The van der Waals surface area contributed by atoms with Gasteiger partial charge in [-0.2, -0.15) is 5.10 Å². The lowest BCUT2D eigenvalue weighted by molar-refractivity contribution is 0.210. The predicted molar refractivity (Wildman–Crippen MR) is 99.1 cm³/mol. The average Bonchev–Trinajstić information content (AvgIpc) is 3.18. The number of anilines is 1. The number of nitrogens with one attached hydrogen (secondary N) is 1. The van der Waals surface area contributed by atoms with Gasteiger partial charge in [0.15, 0.2) is 0 Å². The Bertz CT molecular complexity index is 933. The molecule has 0 aliphatic carbocycles. The molecule has 3 N–H and O–H groups in total. The molecule has 142 valence electrons. The largest absolute Gasteiger partial charge is 0.492 e. The maximum Gasteiger partial charge on any atom is 0.418 e. The standard InChI is InChI=1S/C17H18ClN5O4/c1-10-7-15(22-27-10)26-17(24)21-11-3-4-14(25-6-5-19)12(8-11)16-13(18)9-20-23(16)2/h3-4,7-9H,5-6,19H2,1-2H3,(H,21,24). The first kappa shape index (κ1) is 18.7. The van der Waals surface area contributed by atoms with E-state index in [2.05, 4.69) is 15.6 Å². The van der Waals surface area contributed by atoms with E-state index in [9.17, 15) is 4.79 Å². The Balaban J connectivity index is 1.86. The summed E-state index contributed by atoms with van der Waals surface area (Å²) < 4.78 is 17.2. The number of aryl methyl sites for hydroxylation is 2. The van der Waals surface area contributed by atoms with E-state index >= 15 is 0 Å². The van der Waals surface area contributed by atoms with Crippen LogP contribution in [0.25, 0.3) is 11.3 Å². The lowest BCUT2D eigenvalue weighted by Crippen LogP contribution is -2.17. The summed E-state index contributed by atoms with van der Waals surface area (Å²) in [6, 6.07) is 6.60. The Hall–Kier alpha value is -3.04. The molecule has 0 spiro atoms. The minimum atomic E-state index is -0.707. The number of aromatic nitrogens is 3. The number of halogens is 1. The second-order valence-electron chi connectivity index (χ2n) is 5.60. The fourth-order valence-electron chi connectivity index (χ4n) is 2.43. The van der Waals surface area contributed by atoms with E-state index in [1.54, 1.807) is 36.9 Å². The SMILES string of the molecule is Cc1cc(OC(=O)Nc2ccc(OCCN)c(-c3c(Cl)cnn3C)c2)no1. The Morgan fingerprint density at radius 1 is 1.41 bits per heavy atom. The van der Waals surface area contributed by atoms with E-state index in [4.69, 9.17) is 31.3 Å². The molecular formula is C17H18ClN5O4. The number of benzene rings is 1. The fourth-order valence-corrected chi connectivity index (χ4v) is 2.70. The molecule has 2 aromatic heterocycles. The summed E-state index contributed by atoms with van der Waals surface area (Å²) in [5.41, 5.74) is 7.30. The molecule has 0 unspecified atom stereocenters. The average molecular weight is 392 g/mol. The third kappa shape index (κ3) is 4.39. The van der Waals surface area contributed by atoms with Gasteiger partial charge < -0.3 is 19.7 Å². The minimum absolute atomic E-state index is 0.0720. The van der Waals surface area contributed by atoms with E-state index in [1.165, 1.54) is 12.3 Å². The molecule has 1 aromatic carbocycles. The van der Waals surface area contributed by atoms with E-state index in [-0.39, 0.29) is 5.88 Å². The second-order valence-corrected chi connectivity index (χ2v) is 6.01.